The van der Waals surface area contributed by atoms with Crippen LogP contribution in [0.4, 0.5) is 0 Å². The monoisotopic (exact) mass is 281 g/mol. The van der Waals surface area contributed by atoms with Gasteiger partial charge in [0.2, 0.25) is 0 Å². The maximum Gasteiger partial charge on any atom is 0.119 e. The highest BCUT2D eigenvalue weighted by molar-refractivity contribution is 5.32. The van der Waals surface area contributed by atoms with E-state index in [-0.39, 0.29) is 19.3 Å². The van der Waals surface area contributed by atoms with Crippen molar-refractivity contribution in [2.45, 2.75) is 39.8 Å². The van der Waals surface area contributed by atoms with Crippen molar-refractivity contribution < 1.29 is 14.9 Å². The van der Waals surface area contributed by atoms with Gasteiger partial charge < -0.3 is 20.3 Å². The predicted octanol–water partition coefficient (Wildman–Crippen LogP) is 1.65. The third kappa shape index (κ3) is 5.90. The number of aryl methyl sites for hydroxylation is 2. The normalized spacial score (nSPS) is 14.3. The third-order valence-electron chi connectivity index (χ3n) is 3.25. The molecule has 4 heteroatoms. The van der Waals surface area contributed by atoms with E-state index in [1.54, 1.807) is 0 Å². The molecule has 0 amide bonds. The van der Waals surface area contributed by atoms with E-state index in [1.807, 2.05) is 39.8 Å². The Labute approximate surface area is 121 Å². The summed E-state index contributed by atoms with van der Waals surface area (Å²) in [6.07, 6.45) is -0.594. The lowest BCUT2D eigenvalue weighted by atomic mass is 10.1. The van der Waals surface area contributed by atoms with E-state index in [4.69, 9.17) is 4.74 Å². The van der Waals surface area contributed by atoms with Crippen molar-refractivity contribution in [3.63, 3.8) is 0 Å². The van der Waals surface area contributed by atoms with Gasteiger partial charge >= 0.3 is 0 Å². The zero-order valence-corrected chi connectivity index (χ0v) is 12.9. The van der Waals surface area contributed by atoms with Gasteiger partial charge in [-0.1, -0.05) is 19.9 Å². The van der Waals surface area contributed by atoms with Crippen LogP contribution in [0.3, 0.4) is 0 Å². The molecule has 0 radical (unpaired) electrons. The Morgan fingerprint density at radius 1 is 1.15 bits per heavy atom. The first kappa shape index (κ1) is 17.0. The molecule has 0 heterocycles. The van der Waals surface area contributed by atoms with Gasteiger partial charge in [-0.3, -0.25) is 0 Å². The lowest BCUT2D eigenvalue weighted by molar-refractivity contribution is 0.0961. The Kier molecular flexibility index (Phi) is 6.99. The number of hydrogen-bond donors (Lipinski definition) is 3. The van der Waals surface area contributed by atoms with Gasteiger partial charge in [0, 0.05) is 12.6 Å². The molecule has 3 N–H and O–H groups in total. The van der Waals surface area contributed by atoms with Crippen LogP contribution >= 0.6 is 0 Å². The standard InChI is InChI=1S/C16H27NO3/c1-11(2)16(9-18)17-8-14(19)10-20-15-6-12(3)5-13(4)7-15/h5-7,11,14,16-19H,8-10H2,1-4H3/t14?,16-/m1/s1. The largest absolute Gasteiger partial charge is 0.491 e. The molecular weight excluding hydrogens is 254 g/mol. The van der Waals surface area contributed by atoms with Crippen LogP contribution in [0.2, 0.25) is 0 Å². The maximum atomic E-state index is 9.91. The number of aliphatic hydroxyl groups excluding tert-OH is 2. The summed E-state index contributed by atoms with van der Waals surface area (Å²) < 4.78 is 5.60. The number of benzene rings is 1. The summed E-state index contributed by atoms with van der Waals surface area (Å²) in [7, 11) is 0. The van der Waals surface area contributed by atoms with E-state index in [9.17, 15) is 10.2 Å². The zero-order valence-electron chi connectivity index (χ0n) is 12.9. The Morgan fingerprint density at radius 2 is 1.75 bits per heavy atom. The van der Waals surface area contributed by atoms with E-state index in [2.05, 4.69) is 11.4 Å². The SMILES string of the molecule is Cc1cc(C)cc(OCC(O)CN[C@H](CO)C(C)C)c1. The van der Waals surface area contributed by atoms with Crippen LogP contribution in [0.1, 0.15) is 25.0 Å². The number of ether oxygens (including phenoxy) is 1. The van der Waals surface area contributed by atoms with Crippen molar-refractivity contribution in [2.75, 3.05) is 19.8 Å². The van der Waals surface area contributed by atoms with Crippen LogP contribution < -0.4 is 10.1 Å². The average molecular weight is 281 g/mol. The minimum atomic E-state index is -0.594. The summed E-state index contributed by atoms with van der Waals surface area (Å²) in [5.74, 6) is 1.11. The van der Waals surface area contributed by atoms with Crippen molar-refractivity contribution in [1.29, 1.82) is 0 Å². The fourth-order valence-corrected chi connectivity index (χ4v) is 2.07. The van der Waals surface area contributed by atoms with Gasteiger partial charge in [-0.2, -0.15) is 0 Å². The van der Waals surface area contributed by atoms with Gasteiger partial charge in [0.15, 0.2) is 0 Å². The summed E-state index contributed by atoms with van der Waals surface area (Å²) in [5, 5.41) is 22.3. The first-order valence-electron chi connectivity index (χ1n) is 7.15. The van der Waals surface area contributed by atoms with Gasteiger partial charge in [-0.05, 0) is 43.0 Å². The van der Waals surface area contributed by atoms with Crippen LogP contribution in [0, 0.1) is 19.8 Å². The minimum Gasteiger partial charge on any atom is -0.491 e. The molecule has 0 aliphatic rings. The van der Waals surface area contributed by atoms with E-state index in [1.165, 1.54) is 0 Å². The van der Waals surface area contributed by atoms with E-state index in [0.29, 0.717) is 12.5 Å². The Morgan fingerprint density at radius 3 is 2.25 bits per heavy atom. The third-order valence-corrected chi connectivity index (χ3v) is 3.25. The number of aliphatic hydroxyl groups is 2. The van der Waals surface area contributed by atoms with Crippen LogP contribution in [0.15, 0.2) is 18.2 Å². The highest BCUT2D eigenvalue weighted by Crippen LogP contribution is 2.16. The molecule has 1 aromatic rings. The topological polar surface area (TPSA) is 61.7 Å². The maximum absolute atomic E-state index is 9.91. The Hall–Kier alpha value is -1.10. The molecule has 0 spiro atoms. The fourth-order valence-electron chi connectivity index (χ4n) is 2.07. The minimum absolute atomic E-state index is 0.00543. The second-order valence-corrected chi connectivity index (χ2v) is 5.73. The van der Waals surface area contributed by atoms with Crippen molar-refractivity contribution in [3.8, 4) is 5.75 Å². The summed E-state index contributed by atoms with van der Waals surface area (Å²) in [6, 6.07) is 6.00. The lowest BCUT2D eigenvalue weighted by Gasteiger charge is -2.22. The predicted molar refractivity (Wildman–Crippen MR) is 81.1 cm³/mol. The van der Waals surface area contributed by atoms with Crippen molar-refractivity contribution in [1.82, 2.24) is 5.32 Å². The molecule has 0 aromatic heterocycles. The molecule has 2 atom stereocenters. The molecule has 20 heavy (non-hydrogen) atoms. The zero-order chi connectivity index (χ0) is 15.1. The van der Waals surface area contributed by atoms with Gasteiger partial charge in [0.05, 0.1) is 6.61 Å². The molecule has 0 saturated heterocycles. The van der Waals surface area contributed by atoms with Crippen molar-refractivity contribution in [3.05, 3.63) is 29.3 Å². The Bertz CT molecular complexity index is 386. The molecule has 0 fully saturated rings. The second kappa shape index (κ2) is 8.25. The summed E-state index contributed by atoms with van der Waals surface area (Å²) in [4.78, 5) is 0. The molecule has 4 nitrogen and oxygen atoms in total. The fraction of sp³-hybridized carbons (Fsp3) is 0.625. The van der Waals surface area contributed by atoms with Crippen molar-refractivity contribution >= 4 is 0 Å². The van der Waals surface area contributed by atoms with Gasteiger partial charge in [0.25, 0.3) is 0 Å². The van der Waals surface area contributed by atoms with Crippen molar-refractivity contribution in [2.24, 2.45) is 5.92 Å². The number of hydrogen-bond acceptors (Lipinski definition) is 4. The molecule has 1 rings (SSSR count). The lowest BCUT2D eigenvalue weighted by Crippen LogP contribution is -2.42. The Balaban J connectivity index is 2.37. The molecule has 0 saturated carbocycles. The van der Waals surface area contributed by atoms with Gasteiger partial charge in [-0.25, -0.2) is 0 Å². The van der Waals surface area contributed by atoms with E-state index in [0.717, 1.165) is 16.9 Å². The van der Waals surface area contributed by atoms with Crippen LogP contribution in [0.25, 0.3) is 0 Å². The summed E-state index contributed by atoms with van der Waals surface area (Å²) in [6.45, 7) is 8.83. The quantitative estimate of drug-likeness (QED) is 0.678. The molecule has 0 aliphatic heterocycles. The van der Waals surface area contributed by atoms with Crippen LogP contribution in [0.5, 0.6) is 5.75 Å². The number of nitrogens with one attached hydrogen (secondary N) is 1. The smallest absolute Gasteiger partial charge is 0.119 e. The molecule has 0 bridgehead atoms. The molecular formula is C16H27NO3. The van der Waals surface area contributed by atoms with Crippen LogP contribution in [-0.4, -0.2) is 42.1 Å². The molecule has 1 aromatic carbocycles. The summed E-state index contributed by atoms with van der Waals surface area (Å²) >= 11 is 0. The van der Waals surface area contributed by atoms with Gasteiger partial charge in [0.1, 0.15) is 18.5 Å². The van der Waals surface area contributed by atoms with Gasteiger partial charge in [-0.15, -0.1) is 0 Å². The van der Waals surface area contributed by atoms with E-state index >= 15 is 0 Å². The molecule has 1 unspecified atom stereocenters. The van der Waals surface area contributed by atoms with Crippen LogP contribution in [-0.2, 0) is 0 Å². The molecule has 114 valence electrons. The molecule has 0 aliphatic carbocycles. The van der Waals surface area contributed by atoms with E-state index < -0.39 is 6.10 Å². The highest BCUT2D eigenvalue weighted by Gasteiger charge is 2.13. The summed E-state index contributed by atoms with van der Waals surface area (Å²) in [5.41, 5.74) is 2.29. The number of rotatable bonds is 8. The highest BCUT2D eigenvalue weighted by atomic mass is 16.5. The first-order chi connectivity index (χ1) is 9.42. The average Bonchev–Trinajstić information content (AvgIpc) is 2.35. The second-order valence-electron chi connectivity index (χ2n) is 5.73. The first-order valence-corrected chi connectivity index (χ1v) is 7.15.